The molecule has 20 heavy (non-hydrogen) atoms. The molecule has 0 saturated heterocycles. The van der Waals surface area contributed by atoms with E-state index in [-0.39, 0.29) is 0 Å². The molecule has 2 aromatic carbocycles. The first-order valence-corrected chi connectivity index (χ1v) is 7.52. The van der Waals surface area contributed by atoms with E-state index in [0.717, 1.165) is 22.8 Å². The minimum atomic E-state index is 0.578. The number of halogens is 1. The van der Waals surface area contributed by atoms with Crippen LogP contribution in [0.2, 0.25) is 5.02 Å². The molecule has 0 radical (unpaired) electrons. The van der Waals surface area contributed by atoms with Crippen molar-refractivity contribution in [3.8, 4) is 5.75 Å². The van der Waals surface area contributed by atoms with E-state index in [4.69, 9.17) is 16.3 Å². The summed E-state index contributed by atoms with van der Waals surface area (Å²) in [4.78, 5) is 0. The molecule has 0 saturated carbocycles. The smallest absolute Gasteiger partial charge is 0.123 e. The van der Waals surface area contributed by atoms with Crippen molar-refractivity contribution < 1.29 is 4.74 Å². The van der Waals surface area contributed by atoms with Gasteiger partial charge in [-0.2, -0.15) is 0 Å². The Morgan fingerprint density at radius 2 is 1.75 bits per heavy atom. The van der Waals surface area contributed by atoms with Crippen LogP contribution >= 0.6 is 11.6 Å². The Morgan fingerprint density at radius 3 is 2.45 bits per heavy atom. The fourth-order valence-corrected chi connectivity index (χ4v) is 2.20. The quantitative estimate of drug-likeness (QED) is 0.681. The molecule has 2 rings (SSSR count). The third kappa shape index (κ3) is 4.28. The summed E-state index contributed by atoms with van der Waals surface area (Å²) in [6.07, 6.45) is 2.25. The Morgan fingerprint density at radius 1 is 1.05 bits per heavy atom. The molecule has 0 spiro atoms. The molecule has 0 amide bonds. The van der Waals surface area contributed by atoms with Gasteiger partial charge in [0.15, 0.2) is 0 Å². The van der Waals surface area contributed by atoms with Crippen molar-refractivity contribution in [2.75, 3.05) is 0 Å². The molecule has 0 N–H and O–H groups in total. The second-order valence-corrected chi connectivity index (χ2v) is 5.68. The Balaban J connectivity index is 2.03. The van der Waals surface area contributed by atoms with Gasteiger partial charge in [-0.1, -0.05) is 62.2 Å². The standard InChI is InChI=1S/C18H21ClO/c1-3-14(2)12-16-6-4-5-7-18(16)20-13-15-8-10-17(19)11-9-15/h4-11,14H,3,12-13H2,1-2H3. The van der Waals surface area contributed by atoms with Gasteiger partial charge in [0, 0.05) is 5.02 Å². The Bertz CT molecular complexity index is 533. The topological polar surface area (TPSA) is 9.23 Å². The van der Waals surface area contributed by atoms with E-state index < -0.39 is 0 Å². The summed E-state index contributed by atoms with van der Waals surface area (Å²) >= 11 is 5.89. The molecule has 0 aliphatic heterocycles. The van der Waals surface area contributed by atoms with Gasteiger partial charge in [-0.25, -0.2) is 0 Å². The first kappa shape index (κ1) is 14.9. The average Bonchev–Trinajstić information content (AvgIpc) is 2.48. The zero-order valence-corrected chi connectivity index (χ0v) is 12.9. The predicted octanol–water partition coefficient (Wildman–Crippen LogP) is 5.51. The number of hydrogen-bond donors (Lipinski definition) is 0. The monoisotopic (exact) mass is 288 g/mol. The van der Waals surface area contributed by atoms with Crippen molar-refractivity contribution >= 4 is 11.6 Å². The Kier molecular flexibility index (Phi) is 5.49. The second-order valence-electron chi connectivity index (χ2n) is 5.24. The summed E-state index contributed by atoms with van der Waals surface area (Å²) in [5.41, 5.74) is 2.42. The van der Waals surface area contributed by atoms with Gasteiger partial charge >= 0.3 is 0 Å². The highest BCUT2D eigenvalue weighted by atomic mass is 35.5. The molecular formula is C18H21ClO. The van der Waals surface area contributed by atoms with Crippen LogP contribution in [0.1, 0.15) is 31.4 Å². The van der Waals surface area contributed by atoms with E-state index in [2.05, 4.69) is 26.0 Å². The first-order valence-electron chi connectivity index (χ1n) is 7.14. The summed E-state index contributed by atoms with van der Waals surface area (Å²) in [6, 6.07) is 16.1. The van der Waals surface area contributed by atoms with Crippen LogP contribution in [-0.2, 0) is 13.0 Å². The minimum absolute atomic E-state index is 0.578. The summed E-state index contributed by atoms with van der Waals surface area (Å²) in [6.45, 7) is 5.08. The third-order valence-corrected chi connectivity index (χ3v) is 3.80. The van der Waals surface area contributed by atoms with Gasteiger partial charge in [-0.15, -0.1) is 0 Å². The van der Waals surface area contributed by atoms with Gasteiger partial charge < -0.3 is 4.74 Å². The van der Waals surface area contributed by atoms with Crippen molar-refractivity contribution in [2.24, 2.45) is 5.92 Å². The molecular weight excluding hydrogens is 268 g/mol. The van der Waals surface area contributed by atoms with Crippen LogP contribution in [0.25, 0.3) is 0 Å². The van der Waals surface area contributed by atoms with E-state index in [1.165, 1.54) is 12.0 Å². The van der Waals surface area contributed by atoms with Gasteiger partial charge in [0.1, 0.15) is 12.4 Å². The summed E-state index contributed by atoms with van der Waals surface area (Å²) in [7, 11) is 0. The molecule has 0 aromatic heterocycles. The van der Waals surface area contributed by atoms with Crippen LogP contribution in [-0.4, -0.2) is 0 Å². The molecule has 0 heterocycles. The lowest BCUT2D eigenvalue weighted by Crippen LogP contribution is -2.02. The van der Waals surface area contributed by atoms with Crippen LogP contribution in [0.15, 0.2) is 48.5 Å². The van der Waals surface area contributed by atoms with E-state index in [9.17, 15) is 0 Å². The summed E-state index contributed by atoms with van der Waals surface area (Å²) in [5.74, 6) is 1.66. The predicted molar refractivity (Wildman–Crippen MR) is 85.4 cm³/mol. The van der Waals surface area contributed by atoms with Gasteiger partial charge in [0.05, 0.1) is 0 Å². The molecule has 1 unspecified atom stereocenters. The first-order chi connectivity index (χ1) is 9.69. The van der Waals surface area contributed by atoms with Crippen molar-refractivity contribution in [3.05, 3.63) is 64.7 Å². The molecule has 0 aliphatic rings. The molecule has 1 nitrogen and oxygen atoms in total. The number of hydrogen-bond acceptors (Lipinski definition) is 1. The number of benzene rings is 2. The number of ether oxygens (including phenoxy) is 1. The van der Waals surface area contributed by atoms with E-state index in [1.807, 2.05) is 36.4 Å². The number of rotatable bonds is 6. The second kappa shape index (κ2) is 7.35. The molecule has 1 atom stereocenters. The van der Waals surface area contributed by atoms with Crippen LogP contribution in [0.3, 0.4) is 0 Å². The lowest BCUT2D eigenvalue weighted by molar-refractivity contribution is 0.301. The van der Waals surface area contributed by atoms with Gasteiger partial charge in [0.25, 0.3) is 0 Å². The highest BCUT2D eigenvalue weighted by Gasteiger charge is 2.07. The minimum Gasteiger partial charge on any atom is -0.489 e. The third-order valence-electron chi connectivity index (χ3n) is 3.55. The maximum absolute atomic E-state index is 5.97. The van der Waals surface area contributed by atoms with Crippen molar-refractivity contribution in [2.45, 2.75) is 33.3 Å². The molecule has 2 aromatic rings. The van der Waals surface area contributed by atoms with Crippen molar-refractivity contribution in [1.82, 2.24) is 0 Å². The normalized spacial score (nSPS) is 12.2. The molecule has 0 bridgehead atoms. The zero-order valence-electron chi connectivity index (χ0n) is 12.1. The van der Waals surface area contributed by atoms with Crippen molar-refractivity contribution in [1.29, 1.82) is 0 Å². The highest BCUT2D eigenvalue weighted by molar-refractivity contribution is 6.30. The SMILES string of the molecule is CCC(C)Cc1ccccc1OCc1ccc(Cl)cc1. The van der Waals surface area contributed by atoms with Crippen LogP contribution < -0.4 is 4.74 Å². The van der Waals surface area contributed by atoms with Gasteiger partial charge in [-0.05, 0) is 41.7 Å². The maximum Gasteiger partial charge on any atom is 0.123 e. The number of para-hydroxylation sites is 1. The lowest BCUT2D eigenvalue weighted by Gasteiger charge is -2.14. The zero-order chi connectivity index (χ0) is 14.4. The molecule has 0 aliphatic carbocycles. The van der Waals surface area contributed by atoms with Gasteiger partial charge in [-0.3, -0.25) is 0 Å². The molecule has 0 fully saturated rings. The van der Waals surface area contributed by atoms with E-state index in [1.54, 1.807) is 0 Å². The fraction of sp³-hybridized carbons (Fsp3) is 0.333. The Hall–Kier alpha value is -1.47. The van der Waals surface area contributed by atoms with E-state index in [0.29, 0.717) is 12.5 Å². The van der Waals surface area contributed by atoms with E-state index >= 15 is 0 Å². The summed E-state index contributed by atoms with van der Waals surface area (Å²) < 4.78 is 5.97. The molecule has 2 heteroatoms. The lowest BCUT2D eigenvalue weighted by atomic mass is 9.98. The van der Waals surface area contributed by atoms with Crippen LogP contribution in [0.4, 0.5) is 0 Å². The largest absolute Gasteiger partial charge is 0.489 e. The van der Waals surface area contributed by atoms with Crippen LogP contribution in [0.5, 0.6) is 5.75 Å². The van der Waals surface area contributed by atoms with Crippen molar-refractivity contribution in [3.63, 3.8) is 0 Å². The Labute approximate surface area is 126 Å². The maximum atomic E-state index is 5.97. The van der Waals surface area contributed by atoms with Gasteiger partial charge in [0.2, 0.25) is 0 Å². The average molecular weight is 289 g/mol. The van der Waals surface area contributed by atoms with Crippen LogP contribution in [0, 0.1) is 5.92 Å². The summed E-state index contributed by atoms with van der Waals surface area (Å²) in [5, 5.41) is 0.755. The fourth-order valence-electron chi connectivity index (χ4n) is 2.07. The highest BCUT2D eigenvalue weighted by Crippen LogP contribution is 2.23. The molecule has 106 valence electrons.